The van der Waals surface area contributed by atoms with E-state index in [1.54, 1.807) is 0 Å². The largest absolute Gasteiger partial charge is 1.00 e. The van der Waals surface area contributed by atoms with Crippen molar-refractivity contribution < 1.29 is 49.9 Å². The first-order valence-electron chi connectivity index (χ1n) is 4.08. The monoisotopic (exact) mass is 238 g/mol. The first-order valence-corrected chi connectivity index (χ1v) is 5.61. The van der Waals surface area contributed by atoms with Gasteiger partial charge in [-0.2, -0.15) is 0 Å². The van der Waals surface area contributed by atoms with Crippen LogP contribution in [0.3, 0.4) is 0 Å². The van der Waals surface area contributed by atoms with Crippen LogP contribution in [-0.4, -0.2) is 29.5 Å². The van der Waals surface area contributed by atoms with Crippen LogP contribution in [0.5, 0.6) is 0 Å². The minimum absolute atomic E-state index is 0. The maximum absolute atomic E-state index is 9.98. The van der Waals surface area contributed by atoms with Crippen molar-refractivity contribution >= 4 is 7.82 Å². The minimum atomic E-state index is -4.20. The van der Waals surface area contributed by atoms with Crippen LogP contribution >= 0.6 is 7.82 Å². The van der Waals surface area contributed by atoms with E-state index in [2.05, 4.69) is 4.52 Å². The standard InChI is InChI=1S/C4H11O4P.C2H8N2.Na.H/c1-2-3-4-8-9(5,6)7;3-1-2-4;;/h2-4H2,1H3,(H2,5,6,7);1-4H2;;/q;;+1;-1. The van der Waals surface area contributed by atoms with Crippen molar-refractivity contribution in [1.29, 1.82) is 0 Å². The Morgan fingerprint density at radius 3 is 2.00 bits per heavy atom. The van der Waals surface area contributed by atoms with Gasteiger partial charge >= 0.3 is 37.4 Å². The molecule has 0 amide bonds. The summed E-state index contributed by atoms with van der Waals surface area (Å²) in [5.74, 6) is 0. The summed E-state index contributed by atoms with van der Waals surface area (Å²) < 4.78 is 14.1. The van der Waals surface area contributed by atoms with E-state index in [1.165, 1.54) is 0 Å². The molecule has 0 bridgehead atoms. The molecule has 0 spiro atoms. The second-order valence-electron chi connectivity index (χ2n) is 2.25. The molecule has 0 aromatic rings. The van der Waals surface area contributed by atoms with Crippen molar-refractivity contribution in [2.75, 3.05) is 19.7 Å². The van der Waals surface area contributed by atoms with Gasteiger partial charge in [-0.1, -0.05) is 13.3 Å². The molecule has 0 radical (unpaired) electrons. The molecule has 14 heavy (non-hydrogen) atoms. The molecule has 0 rings (SSSR count). The van der Waals surface area contributed by atoms with Crippen LogP contribution < -0.4 is 41.0 Å². The fraction of sp³-hybridized carbons (Fsp3) is 1.00. The van der Waals surface area contributed by atoms with Gasteiger partial charge in [0.15, 0.2) is 0 Å². The van der Waals surface area contributed by atoms with Crippen molar-refractivity contribution in [2.24, 2.45) is 11.5 Å². The van der Waals surface area contributed by atoms with Crippen LogP contribution in [0.25, 0.3) is 0 Å². The maximum Gasteiger partial charge on any atom is 1.00 e. The summed E-state index contributed by atoms with van der Waals surface area (Å²) in [5, 5.41) is 0. The van der Waals surface area contributed by atoms with Crippen molar-refractivity contribution in [3.8, 4) is 0 Å². The average molecular weight is 238 g/mol. The molecule has 0 aliphatic heterocycles. The Bertz CT molecular complexity index is 147. The maximum atomic E-state index is 9.98. The second-order valence-corrected chi connectivity index (χ2v) is 3.49. The van der Waals surface area contributed by atoms with Gasteiger partial charge in [0.05, 0.1) is 6.61 Å². The SMILES string of the molecule is CCCCOP(=O)(O)O.NCCN.[H-].[Na+]. The predicted molar refractivity (Wildman–Crippen MR) is 52.1 cm³/mol. The molecule has 0 atom stereocenters. The summed E-state index contributed by atoms with van der Waals surface area (Å²) >= 11 is 0. The number of nitrogens with two attached hydrogens (primary N) is 2. The molecule has 0 aliphatic rings. The Kier molecular flexibility index (Phi) is 20.5. The third kappa shape index (κ3) is 29.2. The number of hydrogen-bond acceptors (Lipinski definition) is 4. The molecule has 0 aliphatic carbocycles. The van der Waals surface area contributed by atoms with Gasteiger partial charge in [0.25, 0.3) is 0 Å². The van der Waals surface area contributed by atoms with E-state index in [0.29, 0.717) is 19.5 Å². The predicted octanol–water partition coefficient (Wildman–Crippen LogP) is -3.08. The molecule has 0 fully saturated rings. The molecule has 0 heterocycles. The van der Waals surface area contributed by atoms with Crippen LogP contribution in [0.2, 0.25) is 0 Å². The molecule has 6 N–H and O–H groups in total. The summed E-state index contributed by atoms with van der Waals surface area (Å²) in [6, 6.07) is 0. The van der Waals surface area contributed by atoms with Gasteiger partial charge in [-0.25, -0.2) is 4.57 Å². The van der Waals surface area contributed by atoms with Crippen LogP contribution in [0, 0.1) is 0 Å². The zero-order chi connectivity index (χ0) is 10.7. The summed E-state index contributed by atoms with van der Waals surface area (Å²) in [6.45, 7) is 3.25. The fourth-order valence-corrected chi connectivity index (χ4v) is 0.695. The van der Waals surface area contributed by atoms with Crippen molar-refractivity contribution in [1.82, 2.24) is 0 Å². The molecular weight excluding hydrogens is 218 g/mol. The van der Waals surface area contributed by atoms with Crippen molar-refractivity contribution in [3.63, 3.8) is 0 Å². The third-order valence-corrected chi connectivity index (χ3v) is 1.44. The fourth-order valence-electron chi connectivity index (χ4n) is 0.328. The van der Waals surface area contributed by atoms with Crippen LogP contribution in [-0.2, 0) is 9.09 Å². The van der Waals surface area contributed by atoms with E-state index >= 15 is 0 Å². The Morgan fingerprint density at radius 1 is 1.36 bits per heavy atom. The van der Waals surface area contributed by atoms with E-state index in [-0.39, 0.29) is 37.6 Å². The Morgan fingerprint density at radius 2 is 1.79 bits per heavy atom. The van der Waals surface area contributed by atoms with Gasteiger partial charge in [0.2, 0.25) is 0 Å². The number of rotatable bonds is 5. The van der Waals surface area contributed by atoms with E-state index in [4.69, 9.17) is 21.3 Å². The first-order chi connectivity index (χ1) is 5.97. The number of phosphoric ester groups is 1. The minimum Gasteiger partial charge on any atom is -1.00 e. The topological polar surface area (TPSA) is 119 Å². The zero-order valence-electron chi connectivity index (χ0n) is 9.85. The van der Waals surface area contributed by atoms with E-state index in [0.717, 1.165) is 6.42 Å². The van der Waals surface area contributed by atoms with E-state index in [1.807, 2.05) is 6.92 Å². The number of phosphoric acid groups is 1. The summed E-state index contributed by atoms with van der Waals surface area (Å²) in [7, 11) is -4.20. The molecule has 0 saturated heterocycles. The summed E-state index contributed by atoms with van der Waals surface area (Å²) in [4.78, 5) is 16.3. The van der Waals surface area contributed by atoms with Gasteiger partial charge < -0.3 is 22.7 Å². The number of hydrogen-bond donors (Lipinski definition) is 4. The van der Waals surface area contributed by atoms with E-state index in [9.17, 15) is 4.57 Å². The average Bonchev–Trinajstić information content (AvgIpc) is 2.03. The van der Waals surface area contributed by atoms with Crippen LogP contribution in [0.15, 0.2) is 0 Å². The molecule has 0 aromatic heterocycles. The molecule has 6 nitrogen and oxygen atoms in total. The molecular formula is C6H20N2NaO4P. The molecule has 8 heteroatoms. The van der Waals surface area contributed by atoms with Gasteiger partial charge in [-0.05, 0) is 6.42 Å². The smallest absolute Gasteiger partial charge is 1.00 e. The molecule has 0 aromatic carbocycles. The Hall–Kier alpha value is 1.03. The van der Waals surface area contributed by atoms with Crippen molar-refractivity contribution in [3.05, 3.63) is 0 Å². The van der Waals surface area contributed by atoms with Crippen LogP contribution in [0.1, 0.15) is 21.2 Å². The first kappa shape index (κ1) is 20.4. The van der Waals surface area contributed by atoms with Gasteiger partial charge in [0.1, 0.15) is 0 Å². The molecule has 84 valence electrons. The third-order valence-electron chi connectivity index (χ3n) is 0.924. The normalized spacial score (nSPS) is 9.79. The van der Waals surface area contributed by atoms with Gasteiger partial charge in [-0.15, -0.1) is 0 Å². The second kappa shape index (κ2) is 14.0. The molecule has 0 saturated carbocycles. The quantitative estimate of drug-likeness (QED) is 0.229. The van der Waals surface area contributed by atoms with Gasteiger partial charge in [-0.3, -0.25) is 4.52 Å². The zero-order valence-corrected chi connectivity index (χ0v) is 11.7. The summed E-state index contributed by atoms with van der Waals surface area (Å²) in [6.07, 6.45) is 1.56. The van der Waals surface area contributed by atoms with Gasteiger partial charge in [0, 0.05) is 13.1 Å². The molecule has 0 unspecified atom stereocenters. The van der Waals surface area contributed by atoms with Crippen LogP contribution in [0.4, 0.5) is 0 Å². The number of unbranched alkanes of at least 4 members (excludes halogenated alkanes) is 1. The summed E-state index contributed by atoms with van der Waals surface area (Å²) in [5.41, 5.74) is 9.81. The Labute approximate surface area is 108 Å². The van der Waals surface area contributed by atoms with Crippen molar-refractivity contribution in [2.45, 2.75) is 19.8 Å². The van der Waals surface area contributed by atoms with E-state index < -0.39 is 7.82 Å². The Balaban J connectivity index is -0.0000000883.